The molecule has 1 heterocycles. The lowest BCUT2D eigenvalue weighted by Crippen LogP contribution is -2.42. The molecule has 0 bridgehead atoms. The van der Waals surface area contributed by atoms with Crippen molar-refractivity contribution in [2.24, 2.45) is 0 Å². The fourth-order valence-electron chi connectivity index (χ4n) is 1.58. The summed E-state index contributed by atoms with van der Waals surface area (Å²) in [6.07, 6.45) is 3.50. The van der Waals surface area contributed by atoms with Crippen LogP contribution < -0.4 is 0 Å². The first-order chi connectivity index (χ1) is 9.54. The summed E-state index contributed by atoms with van der Waals surface area (Å²) in [5.41, 5.74) is 1.08. The molecule has 0 radical (unpaired) electrons. The van der Waals surface area contributed by atoms with E-state index in [0.29, 0.717) is 5.75 Å². The second-order valence-corrected chi connectivity index (χ2v) is 5.53. The van der Waals surface area contributed by atoms with Gasteiger partial charge >= 0.3 is 5.97 Å². The number of carbonyl (C=O) groups is 2. The molecule has 0 N–H and O–H groups in total. The molecule has 0 spiro atoms. The normalized spacial score (nSPS) is 10.4. The largest absolute Gasteiger partial charge is 0.468 e. The number of hydrogen-bond donors (Lipinski definition) is 0. The summed E-state index contributed by atoms with van der Waals surface area (Å²) in [5.74, 6) is 0.608. The highest BCUT2D eigenvalue weighted by Crippen LogP contribution is 2.12. The fraction of sp³-hybridized carbons (Fsp3) is 0.500. The van der Waals surface area contributed by atoms with Crippen LogP contribution in [0.2, 0.25) is 0 Å². The highest BCUT2D eigenvalue weighted by atomic mass is 32.2. The average molecular weight is 296 g/mol. The van der Waals surface area contributed by atoms with Crippen molar-refractivity contribution in [1.82, 2.24) is 9.88 Å². The minimum absolute atomic E-state index is 0.000449. The maximum absolute atomic E-state index is 12.1. The number of hydrogen-bond acceptors (Lipinski definition) is 5. The maximum Gasteiger partial charge on any atom is 0.325 e. The van der Waals surface area contributed by atoms with E-state index in [0.717, 1.165) is 11.3 Å². The Morgan fingerprint density at radius 3 is 2.75 bits per heavy atom. The third-order valence-corrected chi connectivity index (χ3v) is 3.68. The molecule has 0 aliphatic rings. The van der Waals surface area contributed by atoms with Gasteiger partial charge in [0.2, 0.25) is 5.91 Å². The minimum Gasteiger partial charge on any atom is -0.468 e. The van der Waals surface area contributed by atoms with Crippen molar-refractivity contribution in [1.29, 1.82) is 0 Å². The zero-order chi connectivity index (χ0) is 15.0. The Bertz CT molecular complexity index is 437. The van der Waals surface area contributed by atoms with E-state index < -0.39 is 5.97 Å². The summed E-state index contributed by atoms with van der Waals surface area (Å²) in [6.45, 7) is 3.76. The Hall–Kier alpha value is -1.56. The molecule has 110 valence electrons. The van der Waals surface area contributed by atoms with E-state index in [-0.39, 0.29) is 18.5 Å². The van der Waals surface area contributed by atoms with Crippen molar-refractivity contribution in [2.75, 3.05) is 19.4 Å². The summed E-state index contributed by atoms with van der Waals surface area (Å²) in [7, 11) is 1.32. The van der Waals surface area contributed by atoms with Crippen LogP contribution in [0.25, 0.3) is 0 Å². The van der Waals surface area contributed by atoms with Crippen molar-refractivity contribution < 1.29 is 14.3 Å². The summed E-state index contributed by atoms with van der Waals surface area (Å²) in [5, 5.41) is 0. The molecule has 0 unspecified atom stereocenters. The van der Waals surface area contributed by atoms with Crippen LogP contribution in [-0.2, 0) is 20.1 Å². The third kappa shape index (κ3) is 5.61. The Labute approximate surface area is 123 Å². The molecule has 0 saturated heterocycles. The molecule has 0 fully saturated rings. The second-order valence-electron chi connectivity index (χ2n) is 4.55. The van der Waals surface area contributed by atoms with Gasteiger partial charge < -0.3 is 9.64 Å². The maximum atomic E-state index is 12.1. The average Bonchev–Trinajstić information content (AvgIpc) is 2.45. The first kappa shape index (κ1) is 16.5. The number of rotatable bonds is 7. The minimum atomic E-state index is -0.399. The van der Waals surface area contributed by atoms with E-state index in [9.17, 15) is 9.59 Å². The van der Waals surface area contributed by atoms with Crippen molar-refractivity contribution in [3.8, 4) is 0 Å². The fourth-order valence-corrected chi connectivity index (χ4v) is 2.43. The second kappa shape index (κ2) is 8.58. The van der Waals surface area contributed by atoms with E-state index in [4.69, 9.17) is 0 Å². The van der Waals surface area contributed by atoms with Crippen LogP contribution in [0.4, 0.5) is 0 Å². The zero-order valence-electron chi connectivity index (χ0n) is 12.0. The molecular weight excluding hydrogens is 276 g/mol. The number of thioether (sulfide) groups is 1. The number of esters is 1. The molecular formula is C14H20N2O3S. The van der Waals surface area contributed by atoms with Gasteiger partial charge in [-0.05, 0) is 25.5 Å². The van der Waals surface area contributed by atoms with Gasteiger partial charge in [0, 0.05) is 24.2 Å². The topological polar surface area (TPSA) is 59.5 Å². The van der Waals surface area contributed by atoms with Gasteiger partial charge in [0.25, 0.3) is 0 Å². The Morgan fingerprint density at radius 1 is 1.45 bits per heavy atom. The van der Waals surface area contributed by atoms with E-state index >= 15 is 0 Å². The molecule has 0 atom stereocenters. The SMILES string of the molecule is COC(=O)CN(C(=O)CSCc1cccnc1)C(C)C. The molecule has 5 nitrogen and oxygen atoms in total. The first-order valence-electron chi connectivity index (χ1n) is 6.37. The monoisotopic (exact) mass is 296 g/mol. The lowest BCUT2D eigenvalue weighted by molar-refractivity contribution is -0.147. The van der Waals surface area contributed by atoms with Crippen LogP contribution in [0.1, 0.15) is 19.4 Å². The van der Waals surface area contributed by atoms with Gasteiger partial charge in [0.1, 0.15) is 6.54 Å². The predicted octanol–water partition coefficient (Wildman–Crippen LogP) is 1.72. The molecule has 20 heavy (non-hydrogen) atoms. The summed E-state index contributed by atoms with van der Waals surface area (Å²) in [6, 6.07) is 3.81. The third-order valence-electron chi connectivity index (χ3n) is 2.69. The number of amides is 1. The molecule has 0 aliphatic heterocycles. The van der Waals surface area contributed by atoms with Crippen LogP contribution in [-0.4, -0.2) is 47.2 Å². The first-order valence-corrected chi connectivity index (χ1v) is 7.53. The number of pyridine rings is 1. The summed E-state index contributed by atoms with van der Waals surface area (Å²) >= 11 is 1.51. The van der Waals surface area contributed by atoms with Crippen LogP contribution in [0, 0.1) is 0 Å². The highest BCUT2D eigenvalue weighted by molar-refractivity contribution is 7.99. The number of nitrogens with zero attached hydrogens (tertiary/aromatic N) is 2. The molecule has 0 aliphatic carbocycles. The Kier molecular flexibility index (Phi) is 7.08. The van der Waals surface area contributed by atoms with Gasteiger partial charge in [-0.25, -0.2) is 0 Å². The van der Waals surface area contributed by atoms with Crippen molar-refractivity contribution in [3.05, 3.63) is 30.1 Å². The van der Waals surface area contributed by atoms with Crippen LogP contribution >= 0.6 is 11.8 Å². The number of carbonyl (C=O) groups excluding carboxylic acids is 2. The number of ether oxygens (including phenoxy) is 1. The Morgan fingerprint density at radius 2 is 2.20 bits per heavy atom. The lowest BCUT2D eigenvalue weighted by atomic mass is 10.3. The van der Waals surface area contributed by atoms with Crippen molar-refractivity contribution >= 4 is 23.6 Å². The zero-order valence-corrected chi connectivity index (χ0v) is 12.9. The molecule has 1 amide bonds. The number of aromatic nitrogens is 1. The molecule has 1 aromatic heterocycles. The van der Waals surface area contributed by atoms with Gasteiger partial charge in [0.15, 0.2) is 0 Å². The van der Waals surface area contributed by atoms with Gasteiger partial charge in [-0.15, -0.1) is 11.8 Å². The van der Waals surface area contributed by atoms with Gasteiger partial charge in [-0.1, -0.05) is 6.07 Å². The smallest absolute Gasteiger partial charge is 0.325 e. The lowest BCUT2D eigenvalue weighted by Gasteiger charge is -2.25. The van der Waals surface area contributed by atoms with Gasteiger partial charge in [-0.2, -0.15) is 0 Å². The van der Waals surface area contributed by atoms with E-state index in [1.807, 2.05) is 26.0 Å². The van der Waals surface area contributed by atoms with E-state index in [1.54, 1.807) is 12.4 Å². The predicted molar refractivity (Wildman–Crippen MR) is 79.3 cm³/mol. The van der Waals surface area contributed by atoms with Crippen LogP contribution in [0.3, 0.4) is 0 Å². The molecule has 1 aromatic rings. The Balaban J connectivity index is 2.44. The van der Waals surface area contributed by atoms with E-state index in [2.05, 4.69) is 9.72 Å². The summed E-state index contributed by atoms with van der Waals surface area (Å²) < 4.78 is 4.61. The van der Waals surface area contributed by atoms with Crippen molar-refractivity contribution in [3.63, 3.8) is 0 Å². The summed E-state index contributed by atoms with van der Waals surface area (Å²) in [4.78, 5) is 29.0. The molecule has 6 heteroatoms. The van der Waals surface area contributed by atoms with Crippen LogP contribution in [0.5, 0.6) is 0 Å². The highest BCUT2D eigenvalue weighted by Gasteiger charge is 2.20. The number of methoxy groups -OCH3 is 1. The van der Waals surface area contributed by atoms with Crippen molar-refractivity contribution in [2.45, 2.75) is 25.6 Å². The standard InChI is InChI=1S/C14H20N2O3S/c1-11(2)16(8-14(18)19-3)13(17)10-20-9-12-5-4-6-15-7-12/h4-7,11H,8-10H2,1-3H3. The molecule has 0 saturated carbocycles. The molecule has 1 rings (SSSR count). The quantitative estimate of drug-likeness (QED) is 0.717. The van der Waals surface area contributed by atoms with E-state index in [1.165, 1.54) is 23.8 Å². The van der Waals surface area contributed by atoms with Gasteiger partial charge in [0.05, 0.1) is 12.9 Å². The van der Waals surface area contributed by atoms with Crippen LogP contribution in [0.15, 0.2) is 24.5 Å². The van der Waals surface area contributed by atoms with Gasteiger partial charge in [-0.3, -0.25) is 14.6 Å². The molecule has 0 aromatic carbocycles.